The van der Waals surface area contributed by atoms with Gasteiger partial charge in [-0.15, -0.1) is 0 Å². The predicted molar refractivity (Wildman–Crippen MR) is 120 cm³/mol. The molecule has 2 amide bonds. The van der Waals surface area contributed by atoms with Gasteiger partial charge in [0.1, 0.15) is 6.61 Å². The summed E-state index contributed by atoms with van der Waals surface area (Å²) in [6.07, 6.45) is -3.39. The van der Waals surface area contributed by atoms with E-state index in [0.717, 1.165) is 5.56 Å². The Balaban J connectivity index is 1.39. The van der Waals surface area contributed by atoms with Crippen molar-refractivity contribution in [2.24, 2.45) is 0 Å². The van der Waals surface area contributed by atoms with E-state index in [4.69, 9.17) is 4.74 Å². The maximum Gasteiger partial charge on any atom is 0.416 e. The molecule has 0 radical (unpaired) electrons. The van der Waals surface area contributed by atoms with E-state index in [1.807, 2.05) is 4.90 Å². The van der Waals surface area contributed by atoms with Crippen molar-refractivity contribution in [3.05, 3.63) is 71.8 Å². The van der Waals surface area contributed by atoms with Gasteiger partial charge >= 0.3 is 18.4 Å². The van der Waals surface area contributed by atoms with Gasteiger partial charge in [0.15, 0.2) is 5.82 Å². The standard InChI is InChI=1S/C23H20F6N6O2/c24-22(25,26)15-9-16(23(27,28)29)11-18(10-15)34-21(36)33-17-3-8-35(12-17)19-20(32-7-6-31-19)37-13-14-1-4-30-5-2-14/h1-2,4-7,9-11,17H,3,8,12-13H2,(H2,33,34,36). The van der Waals surface area contributed by atoms with Crippen molar-refractivity contribution >= 4 is 17.5 Å². The molecule has 2 aromatic heterocycles. The summed E-state index contributed by atoms with van der Waals surface area (Å²) in [5.74, 6) is 0.710. The molecular weight excluding hydrogens is 506 g/mol. The normalized spacial score (nSPS) is 15.9. The van der Waals surface area contributed by atoms with Crippen LogP contribution in [-0.2, 0) is 19.0 Å². The summed E-state index contributed by atoms with van der Waals surface area (Å²) < 4.78 is 84.2. The summed E-state index contributed by atoms with van der Waals surface area (Å²) in [5, 5.41) is 4.64. The van der Waals surface area contributed by atoms with Crippen LogP contribution in [0.5, 0.6) is 5.88 Å². The van der Waals surface area contributed by atoms with Crippen molar-refractivity contribution < 1.29 is 35.9 Å². The molecule has 0 aliphatic carbocycles. The average Bonchev–Trinajstić information content (AvgIpc) is 3.30. The molecule has 4 rings (SSSR count). The first-order valence-corrected chi connectivity index (χ1v) is 10.9. The average molecular weight is 526 g/mol. The van der Waals surface area contributed by atoms with E-state index >= 15 is 0 Å². The van der Waals surface area contributed by atoms with Crippen LogP contribution in [0.1, 0.15) is 23.1 Å². The molecule has 1 fully saturated rings. The van der Waals surface area contributed by atoms with Gasteiger partial charge in [-0.25, -0.2) is 14.8 Å². The van der Waals surface area contributed by atoms with Crippen LogP contribution in [0, 0.1) is 0 Å². The Hall–Kier alpha value is -4.10. The number of amides is 2. The molecule has 0 spiro atoms. The summed E-state index contributed by atoms with van der Waals surface area (Å²) in [5.41, 5.74) is -2.80. The molecule has 37 heavy (non-hydrogen) atoms. The highest BCUT2D eigenvalue weighted by Crippen LogP contribution is 2.37. The van der Waals surface area contributed by atoms with Crippen LogP contribution >= 0.6 is 0 Å². The van der Waals surface area contributed by atoms with Gasteiger partial charge in [0.25, 0.3) is 5.88 Å². The maximum absolute atomic E-state index is 13.1. The van der Waals surface area contributed by atoms with Crippen LogP contribution in [0.25, 0.3) is 0 Å². The summed E-state index contributed by atoms with van der Waals surface area (Å²) >= 11 is 0. The minimum atomic E-state index is -5.02. The number of halogens is 6. The van der Waals surface area contributed by atoms with E-state index in [-0.39, 0.29) is 25.1 Å². The smallest absolute Gasteiger partial charge is 0.416 e. The SMILES string of the molecule is O=C(Nc1cc(C(F)(F)F)cc(C(F)(F)F)c1)NC1CCN(c2nccnc2OCc2ccncc2)C1. The Morgan fingerprint density at radius 2 is 1.62 bits per heavy atom. The Labute approximate surface area is 206 Å². The number of urea groups is 1. The largest absolute Gasteiger partial charge is 0.470 e. The fraction of sp³-hybridized carbons (Fsp3) is 0.304. The van der Waals surface area contributed by atoms with Crippen molar-refractivity contribution in [3.63, 3.8) is 0 Å². The number of nitrogens with one attached hydrogen (secondary N) is 2. The molecular formula is C23H20F6N6O2. The van der Waals surface area contributed by atoms with Crippen LogP contribution in [0.2, 0.25) is 0 Å². The molecule has 8 nitrogen and oxygen atoms in total. The topological polar surface area (TPSA) is 92.3 Å². The van der Waals surface area contributed by atoms with Crippen LogP contribution in [-0.4, -0.2) is 40.1 Å². The number of carbonyl (C=O) groups excluding carboxylic acids is 1. The van der Waals surface area contributed by atoms with Crippen LogP contribution in [0.4, 0.5) is 42.6 Å². The number of pyridine rings is 1. The van der Waals surface area contributed by atoms with Crippen molar-refractivity contribution in [2.45, 2.75) is 31.4 Å². The van der Waals surface area contributed by atoms with Crippen molar-refractivity contribution in [2.75, 3.05) is 23.3 Å². The van der Waals surface area contributed by atoms with Gasteiger partial charge in [-0.05, 0) is 42.3 Å². The number of nitrogens with zero attached hydrogens (tertiary/aromatic N) is 4. The van der Waals surface area contributed by atoms with Crippen LogP contribution in [0.15, 0.2) is 55.1 Å². The lowest BCUT2D eigenvalue weighted by molar-refractivity contribution is -0.143. The second kappa shape index (κ2) is 10.5. The van der Waals surface area contributed by atoms with Gasteiger partial charge in [0, 0.05) is 49.6 Å². The number of alkyl halides is 6. The molecule has 3 aromatic rings. The minimum absolute atomic E-state index is 0.00678. The summed E-state index contributed by atoms with van der Waals surface area (Å²) in [6, 6.07) is 3.06. The van der Waals surface area contributed by atoms with Gasteiger partial charge in [-0.2, -0.15) is 26.3 Å². The lowest BCUT2D eigenvalue weighted by Gasteiger charge is -2.20. The molecule has 196 valence electrons. The second-order valence-corrected chi connectivity index (χ2v) is 8.15. The Morgan fingerprint density at radius 1 is 0.973 bits per heavy atom. The highest BCUT2D eigenvalue weighted by molar-refractivity contribution is 5.89. The van der Waals surface area contributed by atoms with Gasteiger partial charge in [-0.1, -0.05) is 0 Å². The molecule has 0 bridgehead atoms. The Kier molecular flexibility index (Phi) is 7.36. The number of aromatic nitrogens is 3. The lowest BCUT2D eigenvalue weighted by Crippen LogP contribution is -2.40. The third-order valence-electron chi connectivity index (χ3n) is 5.44. The number of hydrogen-bond acceptors (Lipinski definition) is 6. The number of ether oxygens (including phenoxy) is 1. The predicted octanol–water partition coefficient (Wildman–Crippen LogP) is 4.89. The fourth-order valence-corrected chi connectivity index (χ4v) is 3.72. The third-order valence-corrected chi connectivity index (χ3v) is 5.44. The Morgan fingerprint density at radius 3 is 2.27 bits per heavy atom. The van der Waals surface area contributed by atoms with Crippen LogP contribution in [0.3, 0.4) is 0 Å². The fourth-order valence-electron chi connectivity index (χ4n) is 3.72. The highest BCUT2D eigenvalue weighted by Gasteiger charge is 2.37. The second-order valence-electron chi connectivity index (χ2n) is 8.15. The summed E-state index contributed by atoms with van der Waals surface area (Å²) in [4.78, 5) is 26.7. The van der Waals surface area contributed by atoms with Crippen molar-refractivity contribution in [1.82, 2.24) is 20.3 Å². The molecule has 3 heterocycles. The van der Waals surface area contributed by atoms with Gasteiger partial charge in [0.2, 0.25) is 0 Å². The van der Waals surface area contributed by atoms with E-state index in [2.05, 4.69) is 25.6 Å². The van der Waals surface area contributed by atoms with Gasteiger partial charge in [0.05, 0.1) is 11.1 Å². The van der Waals surface area contributed by atoms with Gasteiger partial charge < -0.3 is 20.3 Å². The number of benzene rings is 1. The zero-order valence-electron chi connectivity index (χ0n) is 19.0. The molecule has 0 saturated carbocycles. The highest BCUT2D eigenvalue weighted by atomic mass is 19.4. The first-order valence-electron chi connectivity index (χ1n) is 10.9. The minimum Gasteiger partial charge on any atom is -0.470 e. The zero-order chi connectivity index (χ0) is 26.6. The third kappa shape index (κ3) is 6.77. The monoisotopic (exact) mass is 526 g/mol. The van der Waals surface area contributed by atoms with Crippen LogP contribution < -0.4 is 20.3 Å². The lowest BCUT2D eigenvalue weighted by atomic mass is 10.1. The first-order chi connectivity index (χ1) is 17.5. The summed E-state index contributed by atoms with van der Waals surface area (Å²) in [7, 11) is 0. The van der Waals surface area contributed by atoms with Gasteiger partial charge in [-0.3, -0.25) is 4.98 Å². The van der Waals surface area contributed by atoms with E-state index in [0.29, 0.717) is 30.9 Å². The molecule has 14 heteroatoms. The number of anilines is 2. The van der Waals surface area contributed by atoms with E-state index in [9.17, 15) is 31.1 Å². The number of rotatable bonds is 6. The quantitative estimate of drug-likeness (QED) is 0.445. The molecule has 1 atom stereocenters. The molecule has 1 unspecified atom stereocenters. The molecule has 1 aromatic carbocycles. The maximum atomic E-state index is 13.1. The van der Waals surface area contributed by atoms with Crippen molar-refractivity contribution in [1.29, 1.82) is 0 Å². The first kappa shape index (κ1) is 26.0. The molecule has 1 saturated heterocycles. The zero-order valence-corrected chi connectivity index (χ0v) is 19.0. The Bertz CT molecular complexity index is 1210. The van der Waals surface area contributed by atoms with E-state index < -0.39 is 41.2 Å². The van der Waals surface area contributed by atoms with E-state index in [1.165, 1.54) is 12.4 Å². The van der Waals surface area contributed by atoms with Crippen molar-refractivity contribution in [3.8, 4) is 5.88 Å². The number of hydrogen-bond donors (Lipinski definition) is 2. The van der Waals surface area contributed by atoms with E-state index in [1.54, 1.807) is 24.5 Å². The molecule has 1 aliphatic heterocycles. The molecule has 2 N–H and O–H groups in total. The number of carbonyl (C=O) groups is 1. The summed E-state index contributed by atoms with van der Waals surface area (Å²) in [6.45, 7) is 0.953. The molecule has 1 aliphatic rings.